The standard InChI is InChI=1S/C29H23NO3S.C21H21NOS.C4H8O.C3H9NO.CH4.2H4N2/c31-27-25-18-10-11-19-26(25)28(32)30(27)33-20-21-34-29(22-12-4-1-5-13-22,23-14-6-2-7-15-23)24-16-8-3-9-17-24;22-23-16-17-24-21(18-10-4-1-5-11-18,19-12-6-2-7-13-19)20-14-8-3-9-15-20;1-2-4-5-3-1;1-2-3-5-4;;2*1-2/h1-19H,20-21H2;1-15H,16-17,22H2;1-4H2;2-4H2,1H3;1H4;2*1-2H2. The molecule has 2 aliphatic rings. The topological polar surface area (TPSA) is 230 Å². The Labute approximate surface area is 440 Å². The van der Waals surface area contributed by atoms with Gasteiger partial charge in [0.25, 0.3) is 11.8 Å². The zero-order valence-corrected chi connectivity index (χ0v) is 42.5. The molecular formula is C58H73N7O6S2. The fourth-order valence-corrected chi connectivity index (χ4v) is 10.8. The summed E-state index contributed by atoms with van der Waals surface area (Å²) >= 11 is 3.57. The molecule has 0 bridgehead atoms. The van der Waals surface area contributed by atoms with Gasteiger partial charge in [0.05, 0.1) is 40.4 Å². The number of carbonyl (C=O) groups is 2. The third kappa shape index (κ3) is 17.0. The van der Waals surface area contributed by atoms with Crippen molar-refractivity contribution in [3.63, 3.8) is 0 Å². The molecule has 9 rings (SSSR count). The van der Waals surface area contributed by atoms with Crippen molar-refractivity contribution in [2.45, 2.75) is 43.1 Å². The van der Waals surface area contributed by atoms with Crippen molar-refractivity contribution in [2.75, 3.05) is 44.5 Å². The van der Waals surface area contributed by atoms with Gasteiger partial charge in [-0.25, -0.2) is 11.8 Å². The van der Waals surface area contributed by atoms with E-state index in [2.05, 4.69) is 161 Å². The van der Waals surface area contributed by atoms with Crippen LogP contribution in [-0.2, 0) is 28.7 Å². The Hall–Kier alpha value is -6.02. The van der Waals surface area contributed by atoms with Crippen molar-refractivity contribution >= 4 is 35.3 Å². The van der Waals surface area contributed by atoms with E-state index in [1.807, 2.05) is 73.3 Å². The van der Waals surface area contributed by atoms with E-state index >= 15 is 0 Å². The maximum absolute atomic E-state index is 12.6. The fraction of sp³-hybridized carbons (Fsp3) is 0.241. The smallest absolute Gasteiger partial charge is 0.285 e. The number of nitrogens with two attached hydrogens (primary N) is 6. The molecule has 0 aliphatic carbocycles. The molecule has 0 saturated carbocycles. The Morgan fingerprint density at radius 1 is 0.452 bits per heavy atom. The summed E-state index contributed by atoms with van der Waals surface area (Å²) in [5, 5.41) is 0.889. The van der Waals surface area contributed by atoms with Crippen LogP contribution in [0.1, 0.15) is 87.7 Å². The maximum Gasteiger partial charge on any atom is 0.285 e. The summed E-state index contributed by atoms with van der Waals surface area (Å²) in [5.74, 6) is 26.4. The lowest BCUT2D eigenvalue weighted by Crippen LogP contribution is -2.32. The van der Waals surface area contributed by atoms with Crippen LogP contribution in [0.4, 0.5) is 0 Å². The number of hydroxylamine groups is 2. The van der Waals surface area contributed by atoms with E-state index < -0.39 is 16.6 Å². The number of hydrogen-bond donors (Lipinski definition) is 6. The molecule has 2 aliphatic heterocycles. The van der Waals surface area contributed by atoms with E-state index in [0.29, 0.717) is 30.1 Å². The minimum Gasteiger partial charge on any atom is -0.381 e. The molecule has 1 fully saturated rings. The van der Waals surface area contributed by atoms with E-state index in [9.17, 15) is 9.59 Å². The van der Waals surface area contributed by atoms with Crippen molar-refractivity contribution in [3.05, 3.63) is 251 Å². The molecule has 0 radical (unpaired) electrons. The van der Waals surface area contributed by atoms with Crippen molar-refractivity contribution in [3.8, 4) is 0 Å². The largest absolute Gasteiger partial charge is 0.381 e. The van der Waals surface area contributed by atoms with Crippen molar-refractivity contribution in [1.82, 2.24) is 5.06 Å². The molecule has 12 N–H and O–H groups in total. The number of hydrazine groups is 2. The minimum atomic E-state index is -0.477. The highest BCUT2D eigenvalue weighted by Crippen LogP contribution is 2.49. The average molecular weight is 1030 g/mol. The molecule has 388 valence electrons. The second-order valence-electron chi connectivity index (χ2n) is 15.6. The molecule has 15 heteroatoms. The number of benzene rings is 7. The number of amides is 2. The van der Waals surface area contributed by atoms with E-state index in [-0.39, 0.29) is 18.8 Å². The van der Waals surface area contributed by atoms with Gasteiger partial charge in [-0.3, -0.25) is 37.8 Å². The fourth-order valence-electron chi connectivity index (χ4n) is 8.02. The number of fused-ring (bicyclic) bond motifs is 1. The predicted molar refractivity (Wildman–Crippen MR) is 300 cm³/mol. The van der Waals surface area contributed by atoms with Crippen LogP contribution in [0.2, 0.25) is 0 Å². The Morgan fingerprint density at radius 2 is 0.726 bits per heavy atom. The summed E-state index contributed by atoms with van der Waals surface area (Å²) in [7, 11) is 0. The summed E-state index contributed by atoms with van der Waals surface area (Å²) in [5.41, 5.74) is 7.98. The molecular weight excluding hydrogens is 955 g/mol. The lowest BCUT2D eigenvalue weighted by atomic mass is 9.84. The number of thioether (sulfide) groups is 2. The molecule has 0 aromatic heterocycles. The molecule has 2 amide bonds. The van der Waals surface area contributed by atoms with Gasteiger partial charge in [0.1, 0.15) is 0 Å². The SMILES string of the molecule is C.C1CCOC1.CCCON.NN.NN.NOCCSC(c1ccccc1)(c1ccccc1)c1ccccc1.O=C1c2ccccc2C(=O)N1OCCSC(c1ccccc1)(c1ccccc1)c1ccccc1. The van der Waals surface area contributed by atoms with Crippen LogP contribution in [0.5, 0.6) is 0 Å². The first-order chi connectivity index (χ1) is 35.5. The van der Waals surface area contributed by atoms with Gasteiger partial charge in [0, 0.05) is 24.7 Å². The monoisotopic (exact) mass is 1030 g/mol. The Balaban J connectivity index is 0.000000312. The van der Waals surface area contributed by atoms with Gasteiger partial charge in [0.2, 0.25) is 0 Å². The van der Waals surface area contributed by atoms with Gasteiger partial charge in [-0.2, -0.15) is 0 Å². The quantitative estimate of drug-likeness (QED) is 0.0164. The van der Waals surface area contributed by atoms with Crippen molar-refractivity contribution in [1.29, 1.82) is 0 Å². The van der Waals surface area contributed by atoms with Gasteiger partial charge in [-0.15, -0.1) is 28.6 Å². The number of imide groups is 1. The molecule has 1 saturated heterocycles. The molecule has 7 aromatic carbocycles. The number of ether oxygens (including phenoxy) is 1. The first-order valence-electron chi connectivity index (χ1n) is 23.6. The third-order valence-corrected chi connectivity index (χ3v) is 14.2. The summed E-state index contributed by atoms with van der Waals surface area (Å²) in [6.07, 6.45) is 3.55. The first kappa shape index (κ1) is 61.3. The summed E-state index contributed by atoms with van der Waals surface area (Å²) < 4.78 is 4.18. The van der Waals surface area contributed by atoms with Gasteiger partial charge >= 0.3 is 0 Å². The van der Waals surface area contributed by atoms with Crippen molar-refractivity contribution in [2.24, 2.45) is 35.2 Å². The van der Waals surface area contributed by atoms with E-state index in [1.54, 1.807) is 36.0 Å². The van der Waals surface area contributed by atoms with Crippen LogP contribution in [0.25, 0.3) is 0 Å². The average Bonchev–Trinajstić information content (AvgIpc) is 4.14. The van der Waals surface area contributed by atoms with Gasteiger partial charge in [0.15, 0.2) is 0 Å². The Morgan fingerprint density at radius 3 is 0.959 bits per heavy atom. The third-order valence-electron chi connectivity index (χ3n) is 11.1. The second-order valence-corrected chi connectivity index (χ2v) is 18.2. The summed E-state index contributed by atoms with van der Waals surface area (Å²) in [6, 6.07) is 69.8. The van der Waals surface area contributed by atoms with E-state index in [1.165, 1.54) is 29.5 Å². The predicted octanol–water partition coefficient (Wildman–Crippen LogP) is 9.90. The van der Waals surface area contributed by atoms with Crippen LogP contribution in [-0.4, -0.2) is 61.4 Å². The van der Waals surface area contributed by atoms with Crippen LogP contribution in [0.3, 0.4) is 0 Å². The Bertz CT molecular complexity index is 2280. The highest BCUT2D eigenvalue weighted by atomic mass is 32.2. The first-order valence-corrected chi connectivity index (χ1v) is 25.6. The molecule has 7 aromatic rings. The van der Waals surface area contributed by atoms with Gasteiger partial charge < -0.3 is 14.4 Å². The minimum absolute atomic E-state index is 0. The lowest BCUT2D eigenvalue weighted by molar-refractivity contribution is -0.0853. The van der Waals surface area contributed by atoms with Gasteiger partial charge in [-0.1, -0.05) is 208 Å². The highest BCUT2D eigenvalue weighted by Gasteiger charge is 2.39. The molecule has 0 atom stereocenters. The number of nitrogens with zero attached hydrogens (tertiary/aromatic N) is 1. The number of rotatable bonds is 17. The van der Waals surface area contributed by atoms with Crippen LogP contribution in [0.15, 0.2) is 206 Å². The lowest BCUT2D eigenvalue weighted by Gasteiger charge is -2.35. The zero-order valence-electron chi connectivity index (χ0n) is 40.9. The number of carbonyl (C=O) groups excluding carboxylic acids is 2. The normalized spacial score (nSPS) is 12.3. The molecule has 0 unspecified atom stereocenters. The van der Waals surface area contributed by atoms with Crippen LogP contribution < -0.4 is 35.2 Å². The van der Waals surface area contributed by atoms with Crippen molar-refractivity contribution < 1.29 is 28.8 Å². The van der Waals surface area contributed by atoms with Crippen LogP contribution in [0, 0.1) is 0 Å². The Kier molecular flexibility index (Phi) is 29.5. The summed E-state index contributed by atoms with van der Waals surface area (Å²) in [4.78, 5) is 40.0. The summed E-state index contributed by atoms with van der Waals surface area (Å²) in [6.45, 7) is 5.40. The molecule has 2 heterocycles. The highest BCUT2D eigenvalue weighted by molar-refractivity contribution is 8.00. The maximum atomic E-state index is 12.6. The molecule has 0 spiro atoms. The van der Waals surface area contributed by atoms with Gasteiger partial charge in [-0.05, 0) is 64.8 Å². The zero-order chi connectivity index (χ0) is 51.7. The number of hydrogen-bond acceptors (Lipinski definition) is 14. The molecule has 73 heavy (non-hydrogen) atoms. The van der Waals surface area contributed by atoms with E-state index in [0.717, 1.165) is 47.1 Å². The van der Waals surface area contributed by atoms with Crippen LogP contribution >= 0.6 is 23.5 Å². The second kappa shape index (κ2) is 35.2. The van der Waals surface area contributed by atoms with E-state index in [4.69, 9.17) is 20.3 Å². The molecule has 13 nitrogen and oxygen atoms in total.